The summed E-state index contributed by atoms with van der Waals surface area (Å²) < 4.78 is 5.40. The van der Waals surface area contributed by atoms with Crippen LogP contribution in [0.5, 0.6) is 0 Å². The molecule has 4 heteroatoms. The van der Waals surface area contributed by atoms with Gasteiger partial charge in [-0.1, -0.05) is 31.5 Å². The third-order valence-electron chi connectivity index (χ3n) is 3.34. The Bertz CT molecular complexity index is 419. The second kappa shape index (κ2) is 8.28. The monoisotopic (exact) mass is 313 g/mol. The van der Waals surface area contributed by atoms with E-state index in [1.165, 1.54) is 10.5 Å². The van der Waals surface area contributed by atoms with E-state index in [-0.39, 0.29) is 0 Å². The van der Waals surface area contributed by atoms with Gasteiger partial charge in [0.15, 0.2) is 0 Å². The average Bonchev–Trinajstić information content (AvgIpc) is 2.42. The lowest BCUT2D eigenvalue weighted by Crippen LogP contribution is -2.19. The molecule has 1 heterocycles. The van der Waals surface area contributed by atoms with Crippen molar-refractivity contribution in [3.8, 4) is 0 Å². The molecule has 2 nitrogen and oxygen atoms in total. The summed E-state index contributed by atoms with van der Waals surface area (Å²) in [6, 6.07) is 6.44. The van der Waals surface area contributed by atoms with Gasteiger partial charge >= 0.3 is 0 Å². The van der Waals surface area contributed by atoms with Gasteiger partial charge in [0.1, 0.15) is 0 Å². The molecule has 1 aliphatic rings. The molecule has 0 bridgehead atoms. The summed E-state index contributed by atoms with van der Waals surface area (Å²) in [5.74, 6) is 0.675. The van der Waals surface area contributed by atoms with E-state index in [4.69, 9.17) is 16.3 Å². The fraction of sp³-hybridized carbons (Fsp3) is 0.625. The highest BCUT2D eigenvalue weighted by Gasteiger charge is 2.16. The number of hydrogen-bond donors (Lipinski definition) is 1. The molecular weight excluding hydrogens is 290 g/mol. The molecule has 0 aromatic heterocycles. The number of halogens is 1. The zero-order valence-electron chi connectivity index (χ0n) is 12.3. The summed E-state index contributed by atoms with van der Waals surface area (Å²) in [4.78, 5) is 1.20. The van der Waals surface area contributed by atoms with Crippen molar-refractivity contribution in [2.24, 2.45) is 5.92 Å². The van der Waals surface area contributed by atoms with E-state index in [0.29, 0.717) is 11.2 Å². The molecule has 0 atom stereocenters. The lowest BCUT2D eigenvalue weighted by molar-refractivity contribution is 0.100. The highest BCUT2D eigenvalue weighted by Crippen LogP contribution is 2.34. The van der Waals surface area contributed by atoms with E-state index < -0.39 is 0 Å². The van der Waals surface area contributed by atoms with Crippen molar-refractivity contribution in [2.45, 2.75) is 43.4 Å². The summed E-state index contributed by atoms with van der Waals surface area (Å²) in [7, 11) is 0. The third-order valence-corrected chi connectivity index (χ3v) is 5.18. The molecule has 1 saturated heterocycles. The first-order chi connectivity index (χ1) is 9.65. The van der Waals surface area contributed by atoms with Gasteiger partial charge < -0.3 is 10.1 Å². The van der Waals surface area contributed by atoms with Gasteiger partial charge in [-0.05, 0) is 43.0 Å². The van der Waals surface area contributed by atoms with Crippen LogP contribution in [0, 0.1) is 5.92 Å². The van der Waals surface area contributed by atoms with Crippen LogP contribution in [-0.2, 0) is 11.3 Å². The fourth-order valence-electron chi connectivity index (χ4n) is 2.23. The van der Waals surface area contributed by atoms with Gasteiger partial charge in [0.05, 0.1) is 5.02 Å². The lowest BCUT2D eigenvalue weighted by atomic mass is 10.2. The van der Waals surface area contributed by atoms with E-state index in [1.54, 1.807) is 0 Å². The highest BCUT2D eigenvalue weighted by molar-refractivity contribution is 8.00. The first kappa shape index (κ1) is 16.2. The van der Waals surface area contributed by atoms with Gasteiger partial charge in [-0.15, -0.1) is 11.8 Å². The summed E-state index contributed by atoms with van der Waals surface area (Å²) in [5, 5.41) is 4.97. The van der Waals surface area contributed by atoms with Gasteiger partial charge in [-0.3, -0.25) is 0 Å². The topological polar surface area (TPSA) is 21.3 Å². The van der Waals surface area contributed by atoms with Crippen molar-refractivity contribution in [3.63, 3.8) is 0 Å². The Hall–Kier alpha value is -0.220. The number of thioether (sulfide) groups is 1. The van der Waals surface area contributed by atoms with E-state index >= 15 is 0 Å². The standard InChI is InChI=1S/C16H24ClNOS/c1-12(2)10-18-11-13-3-4-16(15(17)9-13)20-14-5-7-19-8-6-14/h3-4,9,12,14,18H,5-8,10-11H2,1-2H3. The molecule has 1 aromatic carbocycles. The summed E-state index contributed by atoms with van der Waals surface area (Å²) >= 11 is 8.31. The zero-order chi connectivity index (χ0) is 14.4. The van der Waals surface area contributed by atoms with E-state index in [0.717, 1.165) is 44.2 Å². The Kier molecular flexibility index (Phi) is 6.69. The second-order valence-corrected chi connectivity index (χ2v) is 7.47. The maximum absolute atomic E-state index is 6.41. The SMILES string of the molecule is CC(C)CNCc1ccc(SC2CCOCC2)c(Cl)c1. The predicted molar refractivity (Wildman–Crippen MR) is 87.7 cm³/mol. The zero-order valence-corrected chi connectivity index (χ0v) is 13.9. The van der Waals surface area contributed by atoms with Gasteiger partial charge in [0.2, 0.25) is 0 Å². The molecule has 0 saturated carbocycles. The molecule has 112 valence electrons. The minimum atomic E-state index is 0.645. The van der Waals surface area contributed by atoms with Crippen molar-refractivity contribution in [1.82, 2.24) is 5.32 Å². The fourth-order valence-corrected chi connectivity index (χ4v) is 3.67. The molecule has 20 heavy (non-hydrogen) atoms. The normalized spacial score (nSPS) is 16.8. The van der Waals surface area contributed by atoms with Crippen molar-refractivity contribution in [3.05, 3.63) is 28.8 Å². The van der Waals surface area contributed by atoms with Gasteiger partial charge in [0, 0.05) is 29.9 Å². The van der Waals surface area contributed by atoms with Crippen LogP contribution in [0.1, 0.15) is 32.3 Å². The Morgan fingerprint density at radius 3 is 2.75 bits per heavy atom. The molecule has 1 aliphatic heterocycles. The van der Waals surface area contributed by atoms with E-state index in [2.05, 4.69) is 37.4 Å². The number of ether oxygens (including phenoxy) is 1. The molecular formula is C16H24ClNOS. The summed E-state index contributed by atoms with van der Waals surface area (Å²) in [6.07, 6.45) is 2.25. The first-order valence-electron chi connectivity index (χ1n) is 7.38. The average molecular weight is 314 g/mol. The Morgan fingerprint density at radius 2 is 2.10 bits per heavy atom. The number of benzene rings is 1. The van der Waals surface area contributed by atoms with Gasteiger partial charge in [-0.2, -0.15) is 0 Å². The Balaban J connectivity index is 1.88. The van der Waals surface area contributed by atoms with Crippen molar-refractivity contribution < 1.29 is 4.74 Å². The molecule has 1 fully saturated rings. The highest BCUT2D eigenvalue weighted by atomic mass is 35.5. The molecule has 0 aliphatic carbocycles. The Labute approximate surface area is 131 Å². The molecule has 0 unspecified atom stereocenters. The van der Waals surface area contributed by atoms with Crippen LogP contribution < -0.4 is 5.32 Å². The smallest absolute Gasteiger partial charge is 0.0545 e. The van der Waals surface area contributed by atoms with E-state index in [9.17, 15) is 0 Å². The van der Waals surface area contributed by atoms with Gasteiger partial charge in [0.25, 0.3) is 0 Å². The van der Waals surface area contributed by atoms with E-state index in [1.807, 2.05) is 11.8 Å². The summed E-state index contributed by atoms with van der Waals surface area (Å²) in [5.41, 5.74) is 1.26. The maximum atomic E-state index is 6.41. The number of rotatable bonds is 6. The van der Waals surface area contributed by atoms with Crippen LogP contribution in [0.2, 0.25) is 5.02 Å². The predicted octanol–water partition coefficient (Wildman–Crippen LogP) is 4.36. The van der Waals surface area contributed by atoms with Crippen LogP contribution in [0.25, 0.3) is 0 Å². The minimum Gasteiger partial charge on any atom is -0.381 e. The van der Waals surface area contributed by atoms with Crippen LogP contribution in [0.3, 0.4) is 0 Å². The molecule has 0 amide bonds. The Morgan fingerprint density at radius 1 is 1.35 bits per heavy atom. The third kappa shape index (κ3) is 5.28. The minimum absolute atomic E-state index is 0.645. The molecule has 1 N–H and O–H groups in total. The maximum Gasteiger partial charge on any atom is 0.0545 e. The molecule has 1 aromatic rings. The molecule has 0 spiro atoms. The van der Waals surface area contributed by atoms with Crippen LogP contribution in [0.4, 0.5) is 0 Å². The van der Waals surface area contributed by atoms with Gasteiger partial charge in [-0.25, -0.2) is 0 Å². The van der Waals surface area contributed by atoms with Crippen LogP contribution >= 0.6 is 23.4 Å². The first-order valence-corrected chi connectivity index (χ1v) is 8.64. The number of nitrogens with one attached hydrogen (secondary N) is 1. The molecule has 0 radical (unpaired) electrons. The summed E-state index contributed by atoms with van der Waals surface area (Å²) in [6.45, 7) is 8.12. The van der Waals surface area contributed by atoms with Crippen LogP contribution in [-0.4, -0.2) is 25.0 Å². The quantitative estimate of drug-likeness (QED) is 0.843. The van der Waals surface area contributed by atoms with Crippen LogP contribution in [0.15, 0.2) is 23.1 Å². The largest absolute Gasteiger partial charge is 0.381 e. The van der Waals surface area contributed by atoms with Crippen molar-refractivity contribution in [2.75, 3.05) is 19.8 Å². The second-order valence-electron chi connectivity index (χ2n) is 5.72. The molecule has 2 rings (SSSR count). The van der Waals surface area contributed by atoms with Crippen molar-refractivity contribution in [1.29, 1.82) is 0 Å². The lowest BCUT2D eigenvalue weighted by Gasteiger charge is -2.22. The number of hydrogen-bond acceptors (Lipinski definition) is 3. The van der Waals surface area contributed by atoms with Crippen molar-refractivity contribution >= 4 is 23.4 Å².